The first-order chi connectivity index (χ1) is 9.04. The number of nitrogens with one attached hydrogen (secondary N) is 1. The summed E-state index contributed by atoms with van der Waals surface area (Å²) < 4.78 is 7.55. The highest BCUT2D eigenvalue weighted by Gasteiger charge is 2.42. The average molecular weight is 343 g/mol. The van der Waals surface area contributed by atoms with Crippen LogP contribution in [0.3, 0.4) is 0 Å². The van der Waals surface area contributed by atoms with Gasteiger partial charge in [-0.3, -0.25) is 0 Å². The summed E-state index contributed by atoms with van der Waals surface area (Å²) in [6.07, 6.45) is 5.23. The van der Waals surface area contributed by atoms with Gasteiger partial charge in [0.2, 0.25) is 0 Å². The van der Waals surface area contributed by atoms with E-state index in [1.807, 2.05) is 0 Å². The normalized spacial score (nSPS) is 29.4. The number of ether oxygens (including phenoxy) is 1. The zero-order valence-corrected chi connectivity index (χ0v) is 13.7. The number of hydrogen-bond acceptors (Lipinski definition) is 3. The quantitative estimate of drug-likeness (QED) is 0.839. The first kappa shape index (κ1) is 13.7. The van der Waals surface area contributed by atoms with Gasteiger partial charge in [-0.25, -0.2) is 4.98 Å². The van der Waals surface area contributed by atoms with Gasteiger partial charge in [0.1, 0.15) is 10.5 Å². The van der Waals surface area contributed by atoms with Crippen molar-refractivity contribution in [3.8, 4) is 0 Å². The predicted molar refractivity (Wildman–Crippen MR) is 80.9 cm³/mol. The molecule has 2 bridgehead atoms. The molecule has 1 aromatic heterocycles. The topological polar surface area (TPSA) is 37.9 Å². The van der Waals surface area contributed by atoms with E-state index in [0.29, 0.717) is 28.7 Å². The minimum Gasteiger partial charge on any atom is -0.374 e. The third kappa shape index (κ3) is 2.65. The second-order valence-electron chi connectivity index (χ2n) is 6.03. The van der Waals surface area contributed by atoms with Crippen molar-refractivity contribution < 1.29 is 4.74 Å². The van der Waals surface area contributed by atoms with Crippen molar-refractivity contribution in [2.24, 2.45) is 5.92 Å². The van der Waals surface area contributed by atoms with Crippen LogP contribution in [0.5, 0.6) is 0 Å². The van der Waals surface area contributed by atoms with Crippen molar-refractivity contribution in [2.45, 2.75) is 57.7 Å². The Balaban J connectivity index is 1.94. The third-order valence-electron chi connectivity index (χ3n) is 4.02. The molecule has 3 atom stereocenters. The van der Waals surface area contributed by atoms with E-state index in [1.54, 1.807) is 0 Å². The smallest absolute Gasteiger partial charge is 0.144 e. The lowest BCUT2D eigenvalue weighted by atomic mass is 9.88. The number of halogens is 1. The molecule has 0 amide bonds. The molecule has 3 heterocycles. The van der Waals surface area contributed by atoms with Gasteiger partial charge < -0.3 is 9.72 Å². The van der Waals surface area contributed by atoms with Crippen molar-refractivity contribution in [1.82, 2.24) is 9.97 Å². The van der Waals surface area contributed by atoms with Gasteiger partial charge in [0.25, 0.3) is 0 Å². The molecule has 2 aliphatic rings. The standard InChI is InChI=1S/C14H19BrN2OS/c1-7(2)5-10-12(15)14(19)17-13(16-10)9-6-8-3-4-11(9)18-8/h7-9,11H,3-6H2,1-2H3,(H,16,17,19). The molecule has 0 saturated carbocycles. The van der Waals surface area contributed by atoms with E-state index in [0.717, 1.165) is 29.6 Å². The number of aromatic nitrogens is 2. The summed E-state index contributed by atoms with van der Waals surface area (Å²) in [6, 6.07) is 0. The highest BCUT2D eigenvalue weighted by molar-refractivity contribution is 9.10. The molecule has 104 valence electrons. The SMILES string of the molecule is CC(C)Cc1[nH]c(C2CC3CCC2O3)nc(=S)c1Br. The zero-order chi connectivity index (χ0) is 13.6. The lowest BCUT2D eigenvalue weighted by molar-refractivity contribution is 0.0998. The Morgan fingerprint density at radius 2 is 2.26 bits per heavy atom. The lowest BCUT2D eigenvalue weighted by Gasteiger charge is -2.19. The van der Waals surface area contributed by atoms with Crippen molar-refractivity contribution in [3.05, 3.63) is 20.6 Å². The molecule has 5 heteroatoms. The van der Waals surface area contributed by atoms with Crippen LogP contribution in [0, 0.1) is 10.6 Å². The van der Waals surface area contributed by atoms with E-state index < -0.39 is 0 Å². The van der Waals surface area contributed by atoms with E-state index in [1.165, 1.54) is 12.1 Å². The molecular formula is C14H19BrN2OS. The number of rotatable bonds is 3. The average Bonchev–Trinajstić information content (AvgIpc) is 2.96. The fourth-order valence-corrected chi connectivity index (χ4v) is 3.75. The van der Waals surface area contributed by atoms with Crippen LogP contribution in [-0.4, -0.2) is 22.2 Å². The number of fused-ring (bicyclic) bond motifs is 2. The Morgan fingerprint density at radius 3 is 2.84 bits per heavy atom. The van der Waals surface area contributed by atoms with Crippen molar-refractivity contribution >= 4 is 28.1 Å². The van der Waals surface area contributed by atoms with Crippen LogP contribution >= 0.6 is 28.1 Å². The number of aromatic amines is 1. The maximum absolute atomic E-state index is 5.92. The van der Waals surface area contributed by atoms with Gasteiger partial charge in [-0.15, -0.1) is 0 Å². The fourth-order valence-electron chi connectivity index (χ4n) is 3.18. The Bertz CT molecular complexity index is 543. The Hall–Kier alpha value is -0.260. The van der Waals surface area contributed by atoms with Crippen LogP contribution in [0.25, 0.3) is 0 Å². The van der Waals surface area contributed by atoms with E-state index in [9.17, 15) is 0 Å². The van der Waals surface area contributed by atoms with Gasteiger partial charge in [-0.05, 0) is 47.5 Å². The third-order valence-corrected chi connectivity index (χ3v) is 5.44. The molecule has 19 heavy (non-hydrogen) atoms. The van der Waals surface area contributed by atoms with Crippen molar-refractivity contribution in [3.63, 3.8) is 0 Å². The molecule has 1 N–H and O–H groups in total. The maximum atomic E-state index is 5.92. The highest BCUT2D eigenvalue weighted by atomic mass is 79.9. The summed E-state index contributed by atoms with van der Waals surface area (Å²) in [5, 5.41) is 0. The van der Waals surface area contributed by atoms with E-state index in [-0.39, 0.29) is 0 Å². The van der Waals surface area contributed by atoms with Crippen LogP contribution < -0.4 is 0 Å². The first-order valence-corrected chi connectivity index (χ1v) is 8.18. The molecule has 3 nitrogen and oxygen atoms in total. The lowest BCUT2D eigenvalue weighted by Crippen LogP contribution is -2.18. The highest BCUT2D eigenvalue weighted by Crippen LogP contribution is 2.43. The summed E-state index contributed by atoms with van der Waals surface area (Å²) in [5.41, 5.74) is 1.17. The summed E-state index contributed by atoms with van der Waals surface area (Å²) in [5.74, 6) is 2.02. The van der Waals surface area contributed by atoms with Crippen LogP contribution in [-0.2, 0) is 11.2 Å². The van der Waals surface area contributed by atoms with Gasteiger partial charge in [0, 0.05) is 11.6 Å². The minimum atomic E-state index is 0.344. The second kappa shape index (κ2) is 5.26. The number of H-pyrrole nitrogens is 1. The molecule has 0 radical (unpaired) electrons. The molecule has 3 unspecified atom stereocenters. The van der Waals surface area contributed by atoms with Crippen molar-refractivity contribution in [2.75, 3.05) is 0 Å². The Labute approximate surface area is 127 Å². The monoisotopic (exact) mass is 342 g/mol. The van der Waals surface area contributed by atoms with Crippen molar-refractivity contribution in [1.29, 1.82) is 0 Å². The molecule has 3 rings (SSSR count). The molecule has 2 aliphatic heterocycles. The Morgan fingerprint density at radius 1 is 1.47 bits per heavy atom. The fraction of sp³-hybridized carbons (Fsp3) is 0.714. The predicted octanol–water partition coefficient (Wildman–Crippen LogP) is 4.14. The molecule has 1 aromatic rings. The van der Waals surface area contributed by atoms with Gasteiger partial charge in [0.05, 0.1) is 16.7 Å². The maximum Gasteiger partial charge on any atom is 0.144 e. The summed E-state index contributed by atoms with van der Waals surface area (Å²) in [6.45, 7) is 4.42. The van der Waals surface area contributed by atoms with Gasteiger partial charge in [0.15, 0.2) is 0 Å². The summed E-state index contributed by atoms with van der Waals surface area (Å²) in [7, 11) is 0. The largest absolute Gasteiger partial charge is 0.374 e. The molecule has 2 fully saturated rings. The van der Waals surface area contributed by atoms with Crippen LogP contribution in [0.1, 0.15) is 50.5 Å². The van der Waals surface area contributed by atoms with Crippen LogP contribution in [0.4, 0.5) is 0 Å². The van der Waals surface area contributed by atoms with Crippen LogP contribution in [0.2, 0.25) is 0 Å². The number of hydrogen-bond donors (Lipinski definition) is 1. The molecule has 0 spiro atoms. The summed E-state index contributed by atoms with van der Waals surface area (Å²) in [4.78, 5) is 8.08. The van der Waals surface area contributed by atoms with Gasteiger partial charge >= 0.3 is 0 Å². The summed E-state index contributed by atoms with van der Waals surface area (Å²) >= 11 is 8.95. The zero-order valence-electron chi connectivity index (χ0n) is 11.3. The number of nitrogens with zero attached hydrogens (tertiary/aromatic N) is 1. The molecule has 0 aliphatic carbocycles. The second-order valence-corrected chi connectivity index (χ2v) is 7.21. The molecule has 0 aromatic carbocycles. The van der Waals surface area contributed by atoms with Gasteiger partial charge in [-0.1, -0.05) is 26.1 Å². The first-order valence-electron chi connectivity index (χ1n) is 6.98. The molecule has 2 saturated heterocycles. The van der Waals surface area contributed by atoms with Crippen LogP contribution in [0.15, 0.2) is 4.47 Å². The molecular weight excluding hydrogens is 324 g/mol. The Kier molecular flexibility index (Phi) is 3.80. The van der Waals surface area contributed by atoms with Gasteiger partial charge in [-0.2, -0.15) is 0 Å². The van der Waals surface area contributed by atoms with E-state index in [2.05, 4.69) is 39.7 Å². The minimum absolute atomic E-state index is 0.344. The van der Waals surface area contributed by atoms with E-state index in [4.69, 9.17) is 17.0 Å². The van der Waals surface area contributed by atoms with E-state index >= 15 is 0 Å².